The molecule has 21 heavy (non-hydrogen) atoms. The Morgan fingerprint density at radius 1 is 1.38 bits per heavy atom. The summed E-state index contributed by atoms with van der Waals surface area (Å²) in [6.07, 6.45) is 3.92. The van der Waals surface area contributed by atoms with Crippen LogP contribution >= 0.6 is 0 Å². The molecule has 1 unspecified atom stereocenters. The van der Waals surface area contributed by atoms with Gasteiger partial charge in [-0.15, -0.1) is 0 Å². The number of likely N-dealkylation sites (tertiary alicyclic amines) is 1. The third kappa shape index (κ3) is 4.66. The average Bonchev–Trinajstić information content (AvgIpc) is 2.91. The molecule has 1 fully saturated rings. The number of hydrogen-bond donors (Lipinski definition) is 2. The molecule has 7 heteroatoms. The standard InChI is InChI=1S/C14H24N4O2S/c1-3-15-14-10-13(6-7-16-14)21(19,20)17-12(2)11-18-8-4-5-9-18/h6-7,10,12,17H,3-5,8-9,11H2,1-2H3,(H,15,16). The van der Waals surface area contributed by atoms with Crippen LogP contribution in [-0.2, 0) is 10.0 Å². The molecule has 1 aromatic rings. The molecule has 6 nitrogen and oxygen atoms in total. The van der Waals surface area contributed by atoms with Gasteiger partial charge in [-0.25, -0.2) is 18.1 Å². The molecule has 1 aliphatic rings. The van der Waals surface area contributed by atoms with E-state index in [4.69, 9.17) is 0 Å². The molecule has 2 N–H and O–H groups in total. The lowest BCUT2D eigenvalue weighted by Crippen LogP contribution is -2.41. The second-order valence-corrected chi connectivity index (χ2v) is 7.15. The van der Waals surface area contributed by atoms with E-state index in [-0.39, 0.29) is 10.9 Å². The van der Waals surface area contributed by atoms with Crippen molar-refractivity contribution in [2.75, 3.05) is 31.5 Å². The van der Waals surface area contributed by atoms with Crippen LogP contribution in [0.25, 0.3) is 0 Å². The van der Waals surface area contributed by atoms with Gasteiger partial charge in [-0.05, 0) is 45.8 Å². The highest BCUT2D eigenvalue weighted by molar-refractivity contribution is 7.89. The molecule has 0 bridgehead atoms. The van der Waals surface area contributed by atoms with E-state index < -0.39 is 10.0 Å². The predicted octanol–water partition coefficient (Wildman–Crippen LogP) is 1.28. The smallest absolute Gasteiger partial charge is 0.241 e. The van der Waals surface area contributed by atoms with E-state index in [0.29, 0.717) is 12.4 Å². The van der Waals surface area contributed by atoms with Gasteiger partial charge in [-0.2, -0.15) is 0 Å². The molecular formula is C14H24N4O2S. The summed E-state index contributed by atoms with van der Waals surface area (Å²) in [5.74, 6) is 0.576. The van der Waals surface area contributed by atoms with Crippen LogP contribution < -0.4 is 10.0 Å². The Hall–Kier alpha value is -1.18. The van der Waals surface area contributed by atoms with Crippen molar-refractivity contribution in [1.82, 2.24) is 14.6 Å². The van der Waals surface area contributed by atoms with Crippen LogP contribution in [0.2, 0.25) is 0 Å². The number of nitrogens with zero attached hydrogens (tertiary/aromatic N) is 2. The minimum atomic E-state index is -3.50. The zero-order chi connectivity index (χ0) is 15.3. The number of rotatable bonds is 7. The Bertz CT molecular complexity index is 556. The number of anilines is 1. The minimum absolute atomic E-state index is 0.108. The number of aromatic nitrogens is 1. The Morgan fingerprint density at radius 3 is 2.76 bits per heavy atom. The monoisotopic (exact) mass is 312 g/mol. The maximum atomic E-state index is 12.4. The van der Waals surface area contributed by atoms with Gasteiger partial charge in [0.2, 0.25) is 10.0 Å². The van der Waals surface area contributed by atoms with Crippen molar-refractivity contribution in [1.29, 1.82) is 0 Å². The largest absolute Gasteiger partial charge is 0.370 e. The number of pyridine rings is 1. The van der Waals surface area contributed by atoms with E-state index in [2.05, 4.69) is 19.9 Å². The summed E-state index contributed by atoms with van der Waals surface area (Å²) in [4.78, 5) is 6.64. The van der Waals surface area contributed by atoms with Gasteiger partial charge in [0.15, 0.2) is 0 Å². The first-order valence-corrected chi connectivity index (χ1v) is 8.94. The highest BCUT2D eigenvalue weighted by Crippen LogP contribution is 2.14. The Kier molecular flexibility index (Phi) is 5.55. The number of nitrogens with one attached hydrogen (secondary N) is 2. The topological polar surface area (TPSA) is 74.3 Å². The van der Waals surface area contributed by atoms with Gasteiger partial charge in [0.05, 0.1) is 4.90 Å². The molecule has 2 rings (SSSR count). The zero-order valence-corrected chi connectivity index (χ0v) is 13.5. The quantitative estimate of drug-likeness (QED) is 0.793. The molecule has 0 saturated carbocycles. The molecule has 0 spiro atoms. The van der Waals surface area contributed by atoms with Crippen molar-refractivity contribution < 1.29 is 8.42 Å². The van der Waals surface area contributed by atoms with Crippen molar-refractivity contribution in [3.63, 3.8) is 0 Å². The zero-order valence-electron chi connectivity index (χ0n) is 12.7. The van der Waals surface area contributed by atoms with Gasteiger partial charge < -0.3 is 10.2 Å². The van der Waals surface area contributed by atoms with Gasteiger partial charge >= 0.3 is 0 Å². The van der Waals surface area contributed by atoms with E-state index in [1.807, 2.05) is 13.8 Å². The fourth-order valence-corrected chi connectivity index (χ4v) is 3.83. The molecule has 1 aliphatic heterocycles. The molecule has 1 aromatic heterocycles. The van der Waals surface area contributed by atoms with Crippen LogP contribution in [0.15, 0.2) is 23.2 Å². The molecule has 0 radical (unpaired) electrons. The van der Waals surface area contributed by atoms with Crippen LogP contribution in [0, 0.1) is 0 Å². The molecular weight excluding hydrogens is 288 g/mol. The van der Waals surface area contributed by atoms with Crippen LogP contribution in [0.1, 0.15) is 26.7 Å². The summed E-state index contributed by atoms with van der Waals surface area (Å²) >= 11 is 0. The van der Waals surface area contributed by atoms with Crippen molar-refractivity contribution in [2.24, 2.45) is 0 Å². The summed E-state index contributed by atoms with van der Waals surface area (Å²) in [7, 11) is -3.50. The maximum Gasteiger partial charge on any atom is 0.241 e. The summed E-state index contributed by atoms with van der Waals surface area (Å²) < 4.78 is 27.5. The van der Waals surface area contributed by atoms with Gasteiger partial charge in [0.25, 0.3) is 0 Å². The van der Waals surface area contributed by atoms with Crippen LogP contribution in [0.4, 0.5) is 5.82 Å². The van der Waals surface area contributed by atoms with Crippen molar-refractivity contribution in [3.8, 4) is 0 Å². The summed E-state index contributed by atoms with van der Waals surface area (Å²) in [6.45, 7) is 7.43. The van der Waals surface area contributed by atoms with Crippen molar-refractivity contribution in [2.45, 2.75) is 37.6 Å². The molecule has 118 valence electrons. The molecule has 0 aromatic carbocycles. The molecule has 1 atom stereocenters. The lowest BCUT2D eigenvalue weighted by molar-refractivity contribution is 0.313. The third-order valence-corrected chi connectivity index (χ3v) is 5.07. The minimum Gasteiger partial charge on any atom is -0.370 e. The van der Waals surface area contributed by atoms with Crippen LogP contribution in [0.5, 0.6) is 0 Å². The van der Waals surface area contributed by atoms with Gasteiger partial charge in [0, 0.05) is 31.4 Å². The highest BCUT2D eigenvalue weighted by atomic mass is 32.2. The van der Waals surface area contributed by atoms with Gasteiger partial charge in [-0.1, -0.05) is 0 Å². The summed E-state index contributed by atoms with van der Waals surface area (Å²) in [5.41, 5.74) is 0. The molecule has 2 heterocycles. The molecule has 0 amide bonds. The predicted molar refractivity (Wildman–Crippen MR) is 83.9 cm³/mol. The maximum absolute atomic E-state index is 12.4. The summed E-state index contributed by atoms with van der Waals surface area (Å²) in [6, 6.07) is 2.98. The van der Waals surface area contributed by atoms with Crippen molar-refractivity contribution >= 4 is 15.8 Å². The Morgan fingerprint density at radius 2 is 2.10 bits per heavy atom. The first-order valence-electron chi connectivity index (χ1n) is 7.46. The summed E-state index contributed by atoms with van der Waals surface area (Å²) in [5, 5.41) is 3.02. The van der Waals surface area contributed by atoms with Crippen LogP contribution in [-0.4, -0.2) is 50.5 Å². The number of sulfonamides is 1. The average molecular weight is 312 g/mol. The SMILES string of the molecule is CCNc1cc(S(=O)(=O)NC(C)CN2CCCC2)ccn1. The molecule has 0 aliphatic carbocycles. The van der Waals surface area contributed by atoms with Gasteiger partial charge in [0.1, 0.15) is 5.82 Å². The Labute approximate surface area is 127 Å². The van der Waals surface area contributed by atoms with E-state index in [1.165, 1.54) is 25.1 Å². The number of hydrogen-bond acceptors (Lipinski definition) is 5. The van der Waals surface area contributed by atoms with E-state index in [1.54, 1.807) is 6.07 Å². The van der Waals surface area contributed by atoms with Crippen LogP contribution in [0.3, 0.4) is 0 Å². The fraction of sp³-hybridized carbons (Fsp3) is 0.643. The van der Waals surface area contributed by atoms with E-state index in [9.17, 15) is 8.42 Å². The second kappa shape index (κ2) is 7.20. The lowest BCUT2D eigenvalue weighted by Gasteiger charge is -2.21. The third-order valence-electron chi connectivity index (χ3n) is 3.49. The lowest BCUT2D eigenvalue weighted by atomic mass is 10.3. The highest BCUT2D eigenvalue weighted by Gasteiger charge is 2.21. The van der Waals surface area contributed by atoms with Gasteiger partial charge in [-0.3, -0.25) is 0 Å². The van der Waals surface area contributed by atoms with E-state index >= 15 is 0 Å². The fourth-order valence-electron chi connectivity index (χ4n) is 2.58. The Balaban J connectivity index is 2.01. The van der Waals surface area contributed by atoms with Crippen molar-refractivity contribution in [3.05, 3.63) is 18.3 Å². The van der Waals surface area contributed by atoms with E-state index in [0.717, 1.165) is 19.6 Å². The first-order chi connectivity index (χ1) is 10.0. The molecule has 1 saturated heterocycles. The normalized spacial score (nSPS) is 17.8. The second-order valence-electron chi connectivity index (χ2n) is 5.44. The first kappa shape index (κ1) is 16.2.